The van der Waals surface area contributed by atoms with Crippen molar-refractivity contribution in [1.82, 2.24) is 0 Å². The molecule has 3 nitrogen and oxygen atoms in total. The molecule has 0 aliphatic carbocycles. The Kier molecular flexibility index (Phi) is 15.0. The van der Waals surface area contributed by atoms with Crippen LogP contribution in [0.3, 0.4) is 0 Å². The molecule has 0 rings (SSSR count). The zero-order valence-electron chi connectivity index (χ0n) is 6.09. The molecule has 2 N–H and O–H groups in total. The largest absolute Gasteiger partial charge is 1.00 e. The summed E-state index contributed by atoms with van der Waals surface area (Å²) >= 11 is 0. The number of hydrogen-bond acceptors (Lipinski definition) is 3. The molecule has 8 heavy (non-hydrogen) atoms. The van der Waals surface area contributed by atoms with Crippen molar-refractivity contribution in [3.8, 4) is 0 Å². The third-order valence-electron chi connectivity index (χ3n) is 0.448. The maximum Gasteiger partial charge on any atom is 1.00 e. The van der Waals surface area contributed by atoms with Crippen molar-refractivity contribution in [2.45, 2.75) is 0 Å². The van der Waals surface area contributed by atoms with E-state index < -0.39 is 0 Å². The summed E-state index contributed by atoms with van der Waals surface area (Å²) in [5, 5.41) is 0. The van der Waals surface area contributed by atoms with Gasteiger partial charge in [0.05, 0.1) is 6.61 Å². The van der Waals surface area contributed by atoms with Crippen LogP contribution in [0.2, 0.25) is 0 Å². The molecule has 0 heterocycles. The van der Waals surface area contributed by atoms with Gasteiger partial charge in [-0.1, -0.05) is 0 Å². The van der Waals surface area contributed by atoms with Crippen molar-refractivity contribution in [3.05, 3.63) is 0 Å². The number of carbonyl (C=O) groups excluding carboxylic acids is 1. The molecule has 0 saturated heterocycles. The molecule has 0 unspecified atom stereocenters. The predicted octanol–water partition coefficient (Wildman–Crippen LogP) is -3.72. The second-order valence-electron chi connectivity index (χ2n) is 1.03. The minimum atomic E-state index is 0. The Morgan fingerprint density at radius 2 is 2.38 bits per heavy atom. The Labute approximate surface area is 72.3 Å². The fraction of sp³-hybridized carbons (Fsp3) is 0.750. The van der Waals surface area contributed by atoms with Crippen molar-refractivity contribution >= 4 is 6.29 Å². The monoisotopic (exact) mass is 127 g/mol. The average Bonchev–Trinajstić information content (AvgIpc) is 1.69. The maximum absolute atomic E-state index is 9.51. The van der Waals surface area contributed by atoms with E-state index >= 15 is 0 Å². The van der Waals surface area contributed by atoms with E-state index in [0.29, 0.717) is 19.4 Å². The predicted molar refractivity (Wildman–Crippen MR) is 27.0 cm³/mol. The standard InChI is InChI=1S/C4H9NO2.Na.H/c5-1-3-7-4-2-6;;/h2H,1,3-5H2;;/q;+1;-1. The van der Waals surface area contributed by atoms with Gasteiger partial charge >= 0.3 is 29.6 Å². The van der Waals surface area contributed by atoms with Gasteiger partial charge in [-0.15, -0.1) is 0 Å². The Bertz CT molecular complexity index is 55.8. The SMILES string of the molecule is NCCOCC=O.[H-].[Na+]. The molecule has 0 aromatic rings. The Hall–Kier alpha value is 0.590. The van der Waals surface area contributed by atoms with Crippen LogP contribution in [0.1, 0.15) is 1.43 Å². The van der Waals surface area contributed by atoms with E-state index in [4.69, 9.17) is 5.73 Å². The number of ether oxygens (including phenoxy) is 1. The van der Waals surface area contributed by atoms with Gasteiger partial charge in [-0.25, -0.2) is 0 Å². The summed E-state index contributed by atoms with van der Waals surface area (Å²) in [5.74, 6) is 0. The fourth-order valence-electron chi connectivity index (χ4n) is 0.215. The van der Waals surface area contributed by atoms with Crippen molar-refractivity contribution in [1.29, 1.82) is 0 Å². The zero-order valence-corrected chi connectivity index (χ0v) is 7.09. The van der Waals surface area contributed by atoms with E-state index in [1.165, 1.54) is 0 Å². The minimum Gasteiger partial charge on any atom is -1.00 e. The summed E-state index contributed by atoms with van der Waals surface area (Å²) in [6.45, 7) is 1.11. The van der Waals surface area contributed by atoms with Crippen LogP contribution in [0.5, 0.6) is 0 Å². The van der Waals surface area contributed by atoms with Gasteiger partial charge < -0.3 is 16.7 Å². The Morgan fingerprint density at radius 1 is 1.75 bits per heavy atom. The van der Waals surface area contributed by atoms with Crippen LogP contribution in [0.15, 0.2) is 0 Å². The molecular weight excluding hydrogens is 117 g/mol. The zero-order chi connectivity index (χ0) is 5.54. The summed E-state index contributed by atoms with van der Waals surface area (Å²) in [6.07, 6.45) is 0.704. The van der Waals surface area contributed by atoms with Crippen molar-refractivity contribution in [2.75, 3.05) is 19.8 Å². The van der Waals surface area contributed by atoms with Crippen LogP contribution in [-0.4, -0.2) is 26.0 Å². The molecule has 0 aromatic carbocycles. The van der Waals surface area contributed by atoms with Crippen molar-refractivity contribution in [3.63, 3.8) is 0 Å². The second kappa shape index (κ2) is 10.5. The molecule has 4 heteroatoms. The van der Waals surface area contributed by atoms with Crippen LogP contribution in [0, 0.1) is 0 Å². The maximum atomic E-state index is 9.51. The molecular formula is C4H10NNaO2. The van der Waals surface area contributed by atoms with E-state index in [-0.39, 0.29) is 37.6 Å². The van der Waals surface area contributed by atoms with Gasteiger partial charge in [0.2, 0.25) is 0 Å². The Balaban J connectivity index is -0.000000180. The van der Waals surface area contributed by atoms with E-state index in [1.54, 1.807) is 0 Å². The number of aldehydes is 1. The second-order valence-corrected chi connectivity index (χ2v) is 1.03. The number of hydrogen-bond donors (Lipinski definition) is 1. The molecule has 0 atom stereocenters. The summed E-state index contributed by atoms with van der Waals surface area (Å²) in [7, 11) is 0. The van der Waals surface area contributed by atoms with Crippen LogP contribution in [0.25, 0.3) is 0 Å². The van der Waals surface area contributed by atoms with Crippen LogP contribution in [-0.2, 0) is 9.53 Å². The molecule has 0 amide bonds. The van der Waals surface area contributed by atoms with Crippen molar-refractivity contribution in [2.24, 2.45) is 5.73 Å². The first kappa shape index (κ1) is 11.4. The molecule has 0 fully saturated rings. The molecule has 0 bridgehead atoms. The summed E-state index contributed by atoms with van der Waals surface area (Å²) in [5.41, 5.74) is 5.03. The van der Waals surface area contributed by atoms with Gasteiger partial charge in [-0.05, 0) is 0 Å². The number of carbonyl (C=O) groups is 1. The topological polar surface area (TPSA) is 52.3 Å². The first-order valence-corrected chi connectivity index (χ1v) is 2.13. The van der Waals surface area contributed by atoms with Gasteiger partial charge in [0, 0.05) is 6.54 Å². The summed E-state index contributed by atoms with van der Waals surface area (Å²) < 4.78 is 4.64. The normalized spacial score (nSPS) is 7.62. The molecule has 0 aliphatic heterocycles. The molecule has 0 radical (unpaired) electrons. The first-order chi connectivity index (χ1) is 3.41. The third kappa shape index (κ3) is 9.77. The van der Waals surface area contributed by atoms with Crippen LogP contribution < -0.4 is 35.3 Å². The smallest absolute Gasteiger partial charge is 1.00 e. The Morgan fingerprint density at radius 3 is 2.75 bits per heavy atom. The minimum absolute atomic E-state index is 0. The van der Waals surface area contributed by atoms with Gasteiger partial charge in [-0.2, -0.15) is 0 Å². The van der Waals surface area contributed by atoms with E-state index in [9.17, 15) is 4.79 Å². The number of rotatable bonds is 4. The van der Waals surface area contributed by atoms with E-state index in [2.05, 4.69) is 4.74 Å². The summed E-state index contributed by atoms with van der Waals surface area (Å²) in [6, 6.07) is 0. The average molecular weight is 127 g/mol. The summed E-state index contributed by atoms with van der Waals surface area (Å²) in [4.78, 5) is 9.51. The van der Waals surface area contributed by atoms with E-state index in [1.807, 2.05) is 0 Å². The molecule has 0 aromatic heterocycles. The molecule has 0 saturated carbocycles. The van der Waals surface area contributed by atoms with E-state index in [0.717, 1.165) is 0 Å². The third-order valence-corrected chi connectivity index (χ3v) is 0.448. The van der Waals surface area contributed by atoms with Gasteiger partial charge in [0.1, 0.15) is 12.9 Å². The van der Waals surface area contributed by atoms with Gasteiger partial charge in [0.15, 0.2) is 0 Å². The molecule has 0 aliphatic rings. The van der Waals surface area contributed by atoms with Crippen LogP contribution >= 0.6 is 0 Å². The van der Waals surface area contributed by atoms with Gasteiger partial charge in [0.25, 0.3) is 0 Å². The quantitative estimate of drug-likeness (QED) is 0.240. The van der Waals surface area contributed by atoms with Gasteiger partial charge in [-0.3, -0.25) is 0 Å². The molecule has 0 spiro atoms. The first-order valence-electron chi connectivity index (χ1n) is 2.13. The fourth-order valence-corrected chi connectivity index (χ4v) is 0.215. The van der Waals surface area contributed by atoms with Crippen LogP contribution in [0.4, 0.5) is 0 Å². The number of nitrogens with two attached hydrogens (primary N) is 1. The molecule has 44 valence electrons. The van der Waals surface area contributed by atoms with Crippen molar-refractivity contribution < 1.29 is 40.5 Å².